The van der Waals surface area contributed by atoms with Crippen molar-refractivity contribution in [3.05, 3.63) is 77.9 Å². The molecule has 0 spiro atoms. The average molecular weight is 305 g/mol. The zero-order valence-corrected chi connectivity index (χ0v) is 13.8. The molecule has 0 heterocycles. The van der Waals surface area contributed by atoms with Gasteiger partial charge >= 0.3 is 0 Å². The van der Waals surface area contributed by atoms with Crippen molar-refractivity contribution in [2.45, 2.75) is 13.8 Å². The highest BCUT2D eigenvalue weighted by molar-refractivity contribution is 6.04. The van der Waals surface area contributed by atoms with Crippen molar-refractivity contribution in [1.29, 1.82) is 0 Å². The Balaban J connectivity index is 1.97. The highest BCUT2D eigenvalue weighted by atomic mass is 16.1. The maximum atomic E-state index is 11.9. The molecule has 0 aliphatic carbocycles. The van der Waals surface area contributed by atoms with Gasteiger partial charge in [-0.1, -0.05) is 54.6 Å². The highest BCUT2D eigenvalue weighted by Crippen LogP contribution is 2.15. The van der Waals surface area contributed by atoms with Gasteiger partial charge < -0.3 is 4.90 Å². The third-order valence-electron chi connectivity index (χ3n) is 3.70. The summed E-state index contributed by atoms with van der Waals surface area (Å²) in [6.45, 7) is 6.28. The zero-order valence-electron chi connectivity index (χ0n) is 13.8. The molecule has 0 radical (unpaired) electrons. The summed E-state index contributed by atoms with van der Waals surface area (Å²) in [7, 11) is 0. The fourth-order valence-corrected chi connectivity index (χ4v) is 2.36. The number of allylic oxidation sites excluding steroid dienone is 2. The summed E-state index contributed by atoms with van der Waals surface area (Å²) in [6, 6.07) is 18.1. The van der Waals surface area contributed by atoms with E-state index in [4.69, 9.17) is 0 Å². The number of carbonyl (C=O) groups excluding carboxylic acids is 1. The van der Waals surface area contributed by atoms with Crippen molar-refractivity contribution in [1.82, 2.24) is 0 Å². The second kappa shape index (κ2) is 8.74. The Hall–Kier alpha value is -2.61. The van der Waals surface area contributed by atoms with Crippen LogP contribution in [-0.2, 0) is 4.79 Å². The summed E-state index contributed by atoms with van der Waals surface area (Å²) in [4.78, 5) is 14.2. The molecule has 23 heavy (non-hydrogen) atoms. The predicted octanol–water partition coefficient (Wildman–Crippen LogP) is 4.83. The van der Waals surface area contributed by atoms with Crippen LogP contribution in [-0.4, -0.2) is 18.9 Å². The molecule has 0 N–H and O–H groups in total. The Morgan fingerprint density at radius 1 is 0.826 bits per heavy atom. The Morgan fingerprint density at radius 2 is 1.35 bits per heavy atom. The number of benzene rings is 2. The number of carbonyl (C=O) groups is 1. The topological polar surface area (TPSA) is 20.3 Å². The SMILES string of the molecule is CCN(CC)c1ccc(/C=C/C(=O)/C=C\c2ccccc2)cc1. The lowest BCUT2D eigenvalue weighted by Gasteiger charge is -2.20. The molecule has 0 saturated carbocycles. The van der Waals surface area contributed by atoms with Gasteiger partial charge in [-0.2, -0.15) is 0 Å². The number of nitrogens with zero attached hydrogens (tertiary/aromatic N) is 1. The van der Waals surface area contributed by atoms with E-state index >= 15 is 0 Å². The van der Waals surface area contributed by atoms with Crippen LogP contribution in [0.3, 0.4) is 0 Å². The van der Waals surface area contributed by atoms with E-state index in [1.165, 1.54) is 5.69 Å². The molecule has 0 aliphatic rings. The van der Waals surface area contributed by atoms with Crippen LogP contribution in [0.5, 0.6) is 0 Å². The van der Waals surface area contributed by atoms with E-state index in [2.05, 4.69) is 30.9 Å². The van der Waals surface area contributed by atoms with Gasteiger partial charge in [-0.25, -0.2) is 0 Å². The molecule has 0 fully saturated rings. The summed E-state index contributed by atoms with van der Waals surface area (Å²) < 4.78 is 0. The molecule has 0 bridgehead atoms. The molecule has 2 rings (SSSR count). The van der Waals surface area contributed by atoms with Gasteiger partial charge in [0, 0.05) is 18.8 Å². The Bertz CT molecular complexity index is 665. The van der Waals surface area contributed by atoms with Gasteiger partial charge in [-0.3, -0.25) is 4.79 Å². The molecular weight excluding hydrogens is 282 g/mol. The predicted molar refractivity (Wildman–Crippen MR) is 99.5 cm³/mol. The largest absolute Gasteiger partial charge is 0.372 e. The molecule has 2 aromatic rings. The molecule has 2 heteroatoms. The number of hydrogen-bond donors (Lipinski definition) is 0. The van der Waals surface area contributed by atoms with E-state index in [0.717, 1.165) is 24.2 Å². The van der Waals surface area contributed by atoms with E-state index in [1.807, 2.05) is 54.6 Å². The summed E-state index contributed by atoms with van der Waals surface area (Å²) in [6.07, 6.45) is 6.88. The standard InChI is InChI=1S/C21H23NO/c1-3-22(4-2)20-14-10-19(11-15-20)13-17-21(23)16-12-18-8-6-5-7-9-18/h5-17H,3-4H2,1-2H3/b16-12-,17-13+. The second-order valence-electron chi connectivity index (χ2n) is 5.24. The van der Waals surface area contributed by atoms with Crippen molar-refractivity contribution in [3.63, 3.8) is 0 Å². The van der Waals surface area contributed by atoms with Gasteiger partial charge in [-0.15, -0.1) is 0 Å². The minimum Gasteiger partial charge on any atom is -0.372 e. The zero-order chi connectivity index (χ0) is 16.5. The highest BCUT2D eigenvalue weighted by Gasteiger charge is 2.00. The minimum absolute atomic E-state index is 0.0123. The Labute approximate surface area is 138 Å². The van der Waals surface area contributed by atoms with Crippen molar-refractivity contribution >= 4 is 23.6 Å². The molecular formula is C21H23NO. The summed E-state index contributed by atoms with van der Waals surface area (Å²) in [5.74, 6) is -0.0123. The lowest BCUT2D eigenvalue weighted by atomic mass is 10.1. The van der Waals surface area contributed by atoms with Crippen molar-refractivity contribution < 1.29 is 4.79 Å². The van der Waals surface area contributed by atoms with E-state index in [1.54, 1.807) is 12.2 Å². The van der Waals surface area contributed by atoms with Crippen molar-refractivity contribution in [2.24, 2.45) is 0 Å². The van der Waals surface area contributed by atoms with Gasteiger partial charge in [-0.05, 0) is 49.3 Å². The number of hydrogen-bond acceptors (Lipinski definition) is 2. The Morgan fingerprint density at radius 3 is 1.87 bits per heavy atom. The lowest BCUT2D eigenvalue weighted by Crippen LogP contribution is -2.21. The van der Waals surface area contributed by atoms with Crippen molar-refractivity contribution in [3.8, 4) is 0 Å². The van der Waals surface area contributed by atoms with E-state index < -0.39 is 0 Å². The summed E-state index contributed by atoms with van der Waals surface area (Å²) >= 11 is 0. The third-order valence-corrected chi connectivity index (χ3v) is 3.70. The van der Waals surface area contributed by atoms with Crippen LogP contribution in [0.15, 0.2) is 66.7 Å². The first-order valence-corrected chi connectivity index (χ1v) is 8.03. The minimum atomic E-state index is -0.0123. The van der Waals surface area contributed by atoms with Crippen LogP contribution in [0.4, 0.5) is 5.69 Å². The molecule has 0 aliphatic heterocycles. The maximum Gasteiger partial charge on any atom is 0.178 e. The van der Waals surface area contributed by atoms with Crippen LogP contribution in [0.25, 0.3) is 12.2 Å². The normalized spacial score (nSPS) is 11.2. The van der Waals surface area contributed by atoms with Crippen LogP contribution >= 0.6 is 0 Å². The van der Waals surface area contributed by atoms with Gasteiger partial charge in [0.25, 0.3) is 0 Å². The fourth-order valence-electron chi connectivity index (χ4n) is 2.36. The lowest BCUT2D eigenvalue weighted by molar-refractivity contribution is -0.110. The quantitative estimate of drug-likeness (QED) is 0.683. The molecule has 2 aromatic carbocycles. The van der Waals surface area contributed by atoms with Crippen LogP contribution in [0.2, 0.25) is 0 Å². The maximum absolute atomic E-state index is 11.9. The fraction of sp³-hybridized carbons (Fsp3) is 0.190. The number of anilines is 1. The van der Waals surface area contributed by atoms with Crippen molar-refractivity contribution in [2.75, 3.05) is 18.0 Å². The van der Waals surface area contributed by atoms with E-state index in [-0.39, 0.29) is 5.78 Å². The molecule has 0 amide bonds. The van der Waals surface area contributed by atoms with E-state index in [9.17, 15) is 4.79 Å². The molecule has 118 valence electrons. The first-order valence-electron chi connectivity index (χ1n) is 8.03. The summed E-state index contributed by atoms with van der Waals surface area (Å²) in [5.41, 5.74) is 3.27. The Kier molecular flexibility index (Phi) is 6.37. The first kappa shape index (κ1) is 16.8. The molecule has 0 saturated heterocycles. The van der Waals surface area contributed by atoms with Crippen LogP contribution < -0.4 is 4.90 Å². The van der Waals surface area contributed by atoms with Gasteiger partial charge in [0.15, 0.2) is 5.78 Å². The molecule has 0 unspecified atom stereocenters. The van der Waals surface area contributed by atoms with Crippen LogP contribution in [0.1, 0.15) is 25.0 Å². The average Bonchev–Trinajstić information content (AvgIpc) is 2.61. The smallest absolute Gasteiger partial charge is 0.178 e. The molecule has 2 nitrogen and oxygen atoms in total. The second-order valence-corrected chi connectivity index (χ2v) is 5.24. The van der Waals surface area contributed by atoms with Gasteiger partial charge in [0.1, 0.15) is 0 Å². The summed E-state index contributed by atoms with van der Waals surface area (Å²) in [5, 5.41) is 0. The third kappa shape index (κ3) is 5.26. The first-order chi connectivity index (χ1) is 11.2. The molecule has 0 atom stereocenters. The molecule has 0 aromatic heterocycles. The van der Waals surface area contributed by atoms with Crippen LogP contribution in [0, 0.1) is 0 Å². The van der Waals surface area contributed by atoms with E-state index in [0.29, 0.717) is 0 Å². The van der Waals surface area contributed by atoms with Gasteiger partial charge in [0.05, 0.1) is 0 Å². The monoisotopic (exact) mass is 305 g/mol. The van der Waals surface area contributed by atoms with Gasteiger partial charge in [0.2, 0.25) is 0 Å². The number of ketones is 1. The number of rotatable bonds is 7.